The maximum atomic E-state index is 10.9. The van der Waals surface area contributed by atoms with Crippen LogP contribution in [-0.2, 0) is 0 Å². The Morgan fingerprint density at radius 1 is 1.00 bits per heavy atom. The highest BCUT2D eigenvalue weighted by Gasteiger charge is 2.16. The molecule has 0 fully saturated rings. The van der Waals surface area contributed by atoms with Gasteiger partial charge in [-0.25, -0.2) is 0 Å². The monoisotopic (exact) mass is 360 g/mol. The quantitative estimate of drug-likeness (QED) is 0.414. The normalized spacial score (nSPS) is 10.9. The molecule has 1 heterocycles. The van der Waals surface area contributed by atoms with Crippen LogP contribution in [0.3, 0.4) is 0 Å². The van der Waals surface area contributed by atoms with Crippen molar-refractivity contribution in [1.82, 2.24) is 4.57 Å². The number of fused-ring (bicyclic) bond motifs is 1. The summed E-state index contributed by atoms with van der Waals surface area (Å²) in [6, 6.07) is 21.2. The fourth-order valence-electron chi connectivity index (χ4n) is 3.21. The average Bonchev–Trinajstić information content (AvgIpc) is 3.09. The highest BCUT2D eigenvalue weighted by atomic mass is 16.6. The zero-order valence-electron chi connectivity index (χ0n) is 14.5. The van der Waals surface area contributed by atoms with Gasteiger partial charge in [-0.05, 0) is 48.0 Å². The summed E-state index contributed by atoms with van der Waals surface area (Å²) < 4.78 is 7.34. The second kappa shape index (κ2) is 6.49. The van der Waals surface area contributed by atoms with E-state index in [1.807, 2.05) is 41.0 Å². The number of benzene rings is 3. The molecular formula is C21H16N2O4. The average molecular weight is 360 g/mol. The summed E-state index contributed by atoms with van der Waals surface area (Å²) in [7, 11) is 1.61. The molecule has 6 nitrogen and oxygen atoms in total. The van der Waals surface area contributed by atoms with Crippen molar-refractivity contribution in [3.05, 3.63) is 82.9 Å². The first kappa shape index (κ1) is 16.7. The number of hydrogen-bond acceptors (Lipinski definition) is 4. The Hall–Kier alpha value is -3.80. The van der Waals surface area contributed by atoms with E-state index in [1.165, 1.54) is 12.1 Å². The van der Waals surface area contributed by atoms with Crippen molar-refractivity contribution in [2.75, 3.05) is 7.11 Å². The number of hydrogen-bond donors (Lipinski definition) is 1. The zero-order valence-corrected chi connectivity index (χ0v) is 14.5. The van der Waals surface area contributed by atoms with Crippen LogP contribution in [-0.4, -0.2) is 21.7 Å². The van der Waals surface area contributed by atoms with Gasteiger partial charge in [0, 0.05) is 29.3 Å². The van der Waals surface area contributed by atoms with Crippen LogP contribution in [0.25, 0.3) is 27.8 Å². The van der Waals surface area contributed by atoms with Gasteiger partial charge in [0.15, 0.2) is 0 Å². The van der Waals surface area contributed by atoms with Gasteiger partial charge < -0.3 is 14.4 Å². The Morgan fingerprint density at radius 3 is 2.44 bits per heavy atom. The fraction of sp³-hybridized carbons (Fsp3) is 0.0476. The number of nitro benzene ring substituents is 1. The number of aromatic nitrogens is 1. The zero-order chi connectivity index (χ0) is 19.0. The first-order valence-corrected chi connectivity index (χ1v) is 8.31. The number of methoxy groups -OCH3 is 1. The summed E-state index contributed by atoms with van der Waals surface area (Å²) >= 11 is 0. The summed E-state index contributed by atoms with van der Waals surface area (Å²) in [6.07, 6.45) is 0. The van der Waals surface area contributed by atoms with Crippen molar-refractivity contribution in [3.63, 3.8) is 0 Å². The lowest BCUT2D eigenvalue weighted by Gasteiger charge is -2.12. The Bertz CT molecular complexity index is 1150. The van der Waals surface area contributed by atoms with Crippen LogP contribution in [0, 0.1) is 10.1 Å². The molecule has 3 aromatic carbocycles. The van der Waals surface area contributed by atoms with Crippen LogP contribution in [0.2, 0.25) is 0 Å². The summed E-state index contributed by atoms with van der Waals surface area (Å²) in [5.41, 5.74) is 3.35. The topological polar surface area (TPSA) is 77.5 Å². The van der Waals surface area contributed by atoms with E-state index in [-0.39, 0.29) is 11.4 Å². The van der Waals surface area contributed by atoms with Crippen molar-refractivity contribution in [3.8, 4) is 28.4 Å². The molecule has 0 spiro atoms. The molecule has 0 aliphatic heterocycles. The Labute approximate surface area is 155 Å². The molecule has 0 bridgehead atoms. The van der Waals surface area contributed by atoms with Crippen LogP contribution in [0.1, 0.15) is 0 Å². The third kappa shape index (κ3) is 2.87. The standard InChI is InChI=1S/C21H16N2O4/c1-27-17-5-2-4-16(12-17)22-19-6-3-7-21(24)18(19)13-20(22)14-8-10-15(11-9-14)23(25)26/h2-13,24H,1H3. The van der Waals surface area contributed by atoms with Gasteiger partial charge in [0.05, 0.1) is 23.2 Å². The van der Waals surface area contributed by atoms with Gasteiger partial charge in [0.2, 0.25) is 0 Å². The minimum Gasteiger partial charge on any atom is -0.507 e. The van der Waals surface area contributed by atoms with E-state index < -0.39 is 4.92 Å². The van der Waals surface area contributed by atoms with E-state index in [0.29, 0.717) is 11.1 Å². The van der Waals surface area contributed by atoms with E-state index in [4.69, 9.17) is 4.74 Å². The highest BCUT2D eigenvalue weighted by Crippen LogP contribution is 2.36. The molecule has 1 N–H and O–H groups in total. The van der Waals surface area contributed by atoms with Crippen LogP contribution >= 0.6 is 0 Å². The van der Waals surface area contributed by atoms with Gasteiger partial charge >= 0.3 is 0 Å². The molecule has 0 amide bonds. The maximum Gasteiger partial charge on any atom is 0.269 e. The molecule has 0 unspecified atom stereocenters. The van der Waals surface area contributed by atoms with Gasteiger partial charge in [0.1, 0.15) is 11.5 Å². The Balaban J connectivity index is 1.99. The minimum absolute atomic E-state index is 0.0330. The summed E-state index contributed by atoms with van der Waals surface area (Å²) in [5, 5.41) is 21.9. The van der Waals surface area contributed by atoms with Crippen LogP contribution < -0.4 is 4.74 Å². The molecule has 4 rings (SSSR count). The lowest BCUT2D eigenvalue weighted by atomic mass is 10.1. The third-order valence-electron chi connectivity index (χ3n) is 4.51. The number of phenols is 1. The van der Waals surface area contributed by atoms with E-state index in [2.05, 4.69) is 0 Å². The Kier molecular flexibility index (Phi) is 4.01. The van der Waals surface area contributed by atoms with Crippen LogP contribution in [0.15, 0.2) is 72.8 Å². The molecule has 0 atom stereocenters. The van der Waals surface area contributed by atoms with Crippen LogP contribution in [0.4, 0.5) is 5.69 Å². The first-order chi connectivity index (χ1) is 13.1. The lowest BCUT2D eigenvalue weighted by Crippen LogP contribution is -1.97. The minimum atomic E-state index is -0.423. The predicted molar refractivity (Wildman–Crippen MR) is 104 cm³/mol. The largest absolute Gasteiger partial charge is 0.507 e. The van der Waals surface area contributed by atoms with Gasteiger partial charge in [-0.3, -0.25) is 10.1 Å². The number of nitro groups is 1. The van der Waals surface area contributed by atoms with Gasteiger partial charge in [0.25, 0.3) is 5.69 Å². The number of phenolic OH excluding ortho intramolecular Hbond substituents is 1. The van der Waals surface area contributed by atoms with Gasteiger partial charge in [-0.2, -0.15) is 0 Å². The maximum absolute atomic E-state index is 10.9. The summed E-state index contributed by atoms with van der Waals surface area (Å²) in [5.74, 6) is 0.890. The SMILES string of the molecule is COc1cccc(-n2c(-c3ccc([N+](=O)[O-])cc3)cc3c(O)cccc32)c1. The van der Waals surface area contributed by atoms with Crippen molar-refractivity contribution in [2.24, 2.45) is 0 Å². The number of nitrogens with zero attached hydrogens (tertiary/aromatic N) is 2. The molecule has 0 saturated heterocycles. The number of non-ortho nitro benzene ring substituents is 1. The van der Waals surface area contributed by atoms with Crippen LogP contribution in [0.5, 0.6) is 11.5 Å². The Morgan fingerprint density at radius 2 is 1.74 bits per heavy atom. The lowest BCUT2D eigenvalue weighted by molar-refractivity contribution is -0.384. The third-order valence-corrected chi connectivity index (χ3v) is 4.51. The summed E-state index contributed by atoms with van der Waals surface area (Å²) in [4.78, 5) is 10.5. The van der Waals surface area contributed by atoms with Crippen molar-refractivity contribution < 1.29 is 14.8 Å². The van der Waals surface area contributed by atoms with E-state index in [0.717, 1.165) is 22.5 Å². The number of aromatic hydroxyl groups is 1. The molecule has 6 heteroatoms. The second-order valence-electron chi connectivity index (χ2n) is 6.08. The van der Waals surface area contributed by atoms with E-state index >= 15 is 0 Å². The molecule has 0 aliphatic rings. The molecule has 0 saturated carbocycles. The fourth-order valence-corrected chi connectivity index (χ4v) is 3.21. The van der Waals surface area contributed by atoms with Crippen molar-refractivity contribution >= 4 is 16.6 Å². The molecule has 134 valence electrons. The number of rotatable bonds is 4. The van der Waals surface area contributed by atoms with Gasteiger partial charge in [-0.15, -0.1) is 0 Å². The molecule has 4 aromatic rings. The molecule has 27 heavy (non-hydrogen) atoms. The second-order valence-corrected chi connectivity index (χ2v) is 6.08. The first-order valence-electron chi connectivity index (χ1n) is 8.31. The number of ether oxygens (including phenoxy) is 1. The highest BCUT2D eigenvalue weighted by molar-refractivity contribution is 5.93. The van der Waals surface area contributed by atoms with E-state index in [1.54, 1.807) is 31.4 Å². The van der Waals surface area contributed by atoms with E-state index in [9.17, 15) is 15.2 Å². The van der Waals surface area contributed by atoms with Crippen molar-refractivity contribution in [1.29, 1.82) is 0 Å². The molecule has 1 aromatic heterocycles. The predicted octanol–water partition coefficient (Wildman–Crippen LogP) is 4.92. The molecule has 0 radical (unpaired) electrons. The van der Waals surface area contributed by atoms with Crippen molar-refractivity contribution in [2.45, 2.75) is 0 Å². The van der Waals surface area contributed by atoms with Gasteiger partial charge in [-0.1, -0.05) is 12.1 Å². The molecular weight excluding hydrogens is 344 g/mol. The smallest absolute Gasteiger partial charge is 0.269 e. The summed E-state index contributed by atoms with van der Waals surface area (Å²) in [6.45, 7) is 0. The molecule has 0 aliphatic carbocycles.